The van der Waals surface area contributed by atoms with Crippen LogP contribution in [0.2, 0.25) is 0 Å². The molecule has 0 unspecified atom stereocenters. The number of carbonyl (C=O) groups excluding carboxylic acids is 1. The third-order valence-corrected chi connectivity index (χ3v) is 6.46. The molecule has 0 aliphatic carbocycles. The first-order chi connectivity index (χ1) is 14.3. The molecule has 154 valence electrons. The molecule has 5 rings (SSSR count). The van der Waals surface area contributed by atoms with Crippen LogP contribution >= 0.6 is 11.3 Å². The van der Waals surface area contributed by atoms with Crippen molar-refractivity contribution in [2.24, 2.45) is 7.05 Å². The number of aryl methyl sites for hydroxylation is 1. The number of thiophene rings is 1. The quantitative estimate of drug-likeness (QED) is 0.526. The van der Waals surface area contributed by atoms with Gasteiger partial charge in [0, 0.05) is 56.3 Å². The summed E-state index contributed by atoms with van der Waals surface area (Å²) in [6.45, 7) is 0.0456. The van der Waals surface area contributed by atoms with Gasteiger partial charge in [-0.2, -0.15) is 5.10 Å². The summed E-state index contributed by atoms with van der Waals surface area (Å²) in [5.74, 6) is -3.02. The number of aromatic nitrogens is 4. The van der Waals surface area contributed by atoms with Crippen molar-refractivity contribution >= 4 is 44.2 Å². The molecule has 5 heterocycles. The molecule has 7 nitrogen and oxygen atoms in total. The van der Waals surface area contributed by atoms with Gasteiger partial charge in [-0.05, 0) is 18.2 Å². The number of piperidine rings is 1. The van der Waals surface area contributed by atoms with Gasteiger partial charge in [-0.25, -0.2) is 18.7 Å². The van der Waals surface area contributed by atoms with Gasteiger partial charge < -0.3 is 10.6 Å². The van der Waals surface area contributed by atoms with Crippen LogP contribution in [0.3, 0.4) is 0 Å². The first-order valence-electron chi connectivity index (χ1n) is 9.47. The van der Waals surface area contributed by atoms with E-state index in [0.29, 0.717) is 21.7 Å². The summed E-state index contributed by atoms with van der Waals surface area (Å²) in [5.41, 5.74) is 9.23. The van der Waals surface area contributed by atoms with Gasteiger partial charge in [0.05, 0.1) is 16.1 Å². The molecule has 2 N–H and O–H groups in total. The van der Waals surface area contributed by atoms with Gasteiger partial charge in [0.15, 0.2) is 5.65 Å². The van der Waals surface area contributed by atoms with Crippen molar-refractivity contribution in [3.8, 4) is 11.3 Å². The fraction of sp³-hybridized carbons (Fsp3) is 0.300. The minimum Gasteiger partial charge on any atom is -0.396 e. The number of hydrogen-bond acceptors (Lipinski definition) is 6. The Hall–Kier alpha value is -3.14. The molecule has 30 heavy (non-hydrogen) atoms. The summed E-state index contributed by atoms with van der Waals surface area (Å²) in [4.78, 5) is 23.7. The first kappa shape index (κ1) is 18.9. The highest BCUT2D eigenvalue weighted by Crippen LogP contribution is 2.36. The highest BCUT2D eigenvalue weighted by atomic mass is 32.1. The van der Waals surface area contributed by atoms with E-state index >= 15 is 0 Å². The van der Waals surface area contributed by atoms with E-state index in [1.807, 2.05) is 31.4 Å². The van der Waals surface area contributed by atoms with Crippen LogP contribution in [0.1, 0.15) is 22.5 Å². The van der Waals surface area contributed by atoms with Crippen LogP contribution in [0.4, 0.5) is 14.5 Å². The minimum atomic E-state index is -2.71. The molecule has 4 aromatic rings. The average Bonchev–Trinajstić information content (AvgIpc) is 3.25. The number of anilines is 1. The molecule has 10 heteroatoms. The maximum absolute atomic E-state index is 13.4. The average molecular weight is 428 g/mol. The van der Waals surface area contributed by atoms with E-state index < -0.39 is 5.92 Å². The van der Waals surface area contributed by atoms with Crippen molar-refractivity contribution in [3.63, 3.8) is 0 Å². The zero-order valence-electron chi connectivity index (χ0n) is 16.1. The summed E-state index contributed by atoms with van der Waals surface area (Å²) >= 11 is 1.24. The minimum absolute atomic E-state index is 0.0228. The molecular weight excluding hydrogens is 410 g/mol. The third-order valence-electron chi connectivity index (χ3n) is 5.32. The largest absolute Gasteiger partial charge is 0.396 e. The Morgan fingerprint density at radius 3 is 2.80 bits per heavy atom. The summed E-state index contributed by atoms with van der Waals surface area (Å²) in [6.07, 6.45) is 2.93. The molecule has 1 fully saturated rings. The number of amides is 1. The number of nitrogens with two attached hydrogens (primary N) is 1. The molecule has 0 spiro atoms. The Bertz CT molecular complexity index is 1290. The zero-order chi connectivity index (χ0) is 21.0. The van der Waals surface area contributed by atoms with Gasteiger partial charge in [-0.15, -0.1) is 11.3 Å². The number of halogens is 2. The van der Waals surface area contributed by atoms with E-state index in [1.54, 1.807) is 10.9 Å². The van der Waals surface area contributed by atoms with E-state index in [1.165, 1.54) is 16.2 Å². The number of carbonyl (C=O) groups is 1. The molecule has 1 aliphatic heterocycles. The number of rotatable bonds is 2. The molecule has 0 saturated carbocycles. The highest BCUT2D eigenvalue weighted by molar-refractivity contribution is 7.21. The van der Waals surface area contributed by atoms with Crippen molar-refractivity contribution in [1.82, 2.24) is 24.6 Å². The Labute approximate surface area is 174 Å². The lowest BCUT2D eigenvalue weighted by atomic mass is 10.1. The van der Waals surface area contributed by atoms with E-state index in [2.05, 4.69) is 15.1 Å². The number of likely N-dealkylation sites (tertiary alicyclic amines) is 1. The molecule has 1 amide bonds. The molecular formula is C20H18F2N6OS. The normalized spacial score (nSPS) is 16.4. The summed E-state index contributed by atoms with van der Waals surface area (Å²) in [7, 11) is 1.83. The maximum atomic E-state index is 13.4. The van der Waals surface area contributed by atoms with Crippen molar-refractivity contribution in [2.45, 2.75) is 18.8 Å². The molecule has 4 aromatic heterocycles. The number of nitrogens with zero attached hydrogens (tertiary/aromatic N) is 5. The van der Waals surface area contributed by atoms with Gasteiger partial charge in [0.2, 0.25) is 0 Å². The molecule has 0 aromatic carbocycles. The Kier molecular flexibility index (Phi) is 4.21. The fourth-order valence-corrected chi connectivity index (χ4v) is 4.70. The van der Waals surface area contributed by atoms with Gasteiger partial charge in [-0.1, -0.05) is 0 Å². The van der Waals surface area contributed by atoms with E-state index in [-0.39, 0.29) is 37.5 Å². The Balaban J connectivity index is 1.49. The summed E-state index contributed by atoms with van der Waals surface area (Å²) in [5, 5.41) is 5.16. The second kappa shape index (κ2) is 6.69. The van der Waals surface area contributed by atoms with Crippen LogP contribution in [0, 0.1) is 0 Å². The molecule has 0 radical (unpaired) electrons. The van der Waals surface area contributed by atoms with Crippen molar-refractivity contribution in [2.75, 3.05) is 18.8 Å². The zero-order valence-corrected chi connectivity index (χ0v) is 16.9. The standard InChI is InChI=1S/C20H18F2N6OS/c1-27-10-12-8-11(9-24-18(12)26-27)13-2-3-14-16(25-13)15(23)17(30-14)19(29)28-6-4-20(21,22)5-7-28/h2-3,8-10H,4-7,23H2,1H3. The van der Waals surface area contributed by atoms with Crippen LogP contribution in [-0.2, 0) is 7.05 Å². The topological polar surface area (TPSA) is 89.9 Å². The maximum Gasteiger partial charge on any atom is 0.266 e. The van der Waals surface area contributed by atoms with Crippen molar-refractivity contribution < 1.29 is 13.6 Å². The number of alkyl halides is 2. The van der Waals surface area contributed by atoms with Crippen LogP contribution in [0.15, 0.2) is 30.6 Å². The predicted molar refractivity (Wildman–Crippen MR) is 112 cm³/mol. The Morgan fingerprint density at radius 2 is 2.03 bits per heavy atom. The Morgan fingerprint density at radius 1 is 1.27 bits per heavy atom. The number of hydrogen-bond donors (Lipinski definition) is 1. The molecule has 0 bridgehead atoms. The second-order valence-electron chi connectivity index (χ2n) is 7.48. The van der Waals surface area contributed by atoms with Gasteiger partial charge >= 0.3 is 0 Å². The molecule has 1 saturated heterocycles. The first-order valence-corrected chi connectivity index (χ1v) is 10.3. The lowest BCUT2D eigenvalue weighted by molar-refractivity contribution is -0.0493. The van der Waals surface area contributed by atoms with Gasteiger partial charge in [-0.3, -0.25) is 9.48 Å². The van der Waals surface area contributed by atoms with Crippen LogP contribution in [0.25, 0.3) is 32.5 Å². The lowest BCUT2D eigenvalue weighted by Crippen LogP contribution is -2.42. The van der Waals surface area contributed by atoms with E-state index in [9.17, 15) is 13.6 Å². The molecule has 0 atom stereocenters. The fourth-order valence-electron chi connectivity index (χ4n) is 3.67. The third kappa shape index (κ3) is 3.17. The predicted octanol–water partition coefficient (Wildman–Crippen LogP) is 3.70. The SMILES string of the molecule is Cn1cc2cc(-c3ccc4sc(C(=O)N5CCC(F)(F)CC5)c(N)c4n3)cnc2n1. The monoisotopic (exact) mass is 428 g/mol. The van der Waals surface area contributed by atoms with Crippen molar-refractivity contribution in [3.05, 3.63) is 35.5 Å². The number of fused-ring (bicyclic) bond motifs is 2. The highest BCUT2D eigenvalue weighted by Gasteiger charge is 2.36. The van der Waals surface area contributed by atoms with E-state index in [0.717, 1.165) is 15.6 Å². The van der Waals surface area contributed by atoms with Crippen LogP contribution < -0.4 is 5.73 Å². The smallest absolute Gasteiger partial charge is 0.266 e. The van der Waals surface area contributed by atoms with Crippen LogP contribution in [-0.4, -0.2) is 49.6 Å². The van der Waals surface area contributed by atoms with Crippen molar-refractivity contribution in [1.29, 1.82) is 0 Å². The number of nitrogen functional groups attached to an aromatic ring is 1. The summed E-state index contributed by atoms with van der Waals surface area (Å²) in [6, 6.07) is 5.67. The second-order valence-corrected chi connectivity index (χ2v) is 8.53. The van der Waals surface area contributed by atoms with Gasteiger partial charge in [0.25, 0.3) is 11.8 Å². The molecule has 1 aliphatic rings. The lowest BCUT2D eigenvalue weighted by Gasteiger charge is -2.31. The van der Waals surface area contributed by atoms with Gasteiger partial charge in [0.1, 0.15) is 10.4 Å². The summed E-state index contributed by atoms with van der Waals surface area (Å²) < 4.78 is 29.3. The van der Waals surface area contributed by atoms with E-state index in [4.69, 9.17) is 5.73 Å². The van der Waals surface area contributed by atoms with Crippen LogP contribution in [0.5, 0.6) is 0 Å². The number of pyridine rings is 2.